The summed E-state index contributed by atoms with van der Waals surface area (Å²) in [5.41, 5.74) is 0. The molecule has 0 radical (unpaired) electrons. The molecule has 18 heavy (non-hydrogen) atoms. The predicted octanol–water partition coefficient (Wildman–Crippen LogP) is 1.52. The summed E-state index contributed by atoms with van der Waals surface area (Å²) in [6, 6.07) is 0.411. The third kappa shape index (κ3) is 3.45. The molecule has 0 spiro atoms. The Hall–Kier alpha value is -0.610. The molecule has 0 aliphatic carbocycles. The predicted molar refractivity (Wildman–Crippen MR) is 75.3 cm³/mol. The second kappa shape index (κ2) is 6.53. The van der Waals surface area contributed by atoms with Crippen LogP contribution in [0.25, 0.3) is 0 Å². The minimum absolute atomic E-state index is 0.0248. The highest BCUT2D eigenvalue weighted by Gasteiger charge is 2.39. The smallest absolute Gasteiger partial charge is 0.241 e. The fourth-order valence-electron chi connectivity index (χ4n) is 2.40. The second-order valence-electron chi connectivity index (χ2n) is 6.00. The largest absolute Gasteiger partial charge is 0.324 e. The lowest BCUT2D eigenvalue weighted by Crippen LogP contribution is -2.47. The van der Waals surface area contributed by atoms with Gasteiger partial charge in [-0.25, -0.2) is 0 Å². The van der Waals surface area contributed by atoms with Crippen LogP contribution in [0.15, 0.2) is 0 Å². The lowest BCUT2D eigenvalue weighted by atomic mass is 10.1. The number of likely N-dealkylation sites (N-methyl/N-ethyl adjacent to an activating group) is 1. The van der Waals surface area contributed by atoms with E-state index in [0.717, 1.165) is 19.4 Å². The number of nitrogens with zero attached hydrogens (tertiary/aromatic N) is 2. The Morgan fingerprint density at radius 3 is 2.39 bits per heavy atom. The van der Waals surface area contributed by atoms with Crippen LogP contribution in [-0.2, 0) is 4.79 Å². The fourth-order valence-corrected chi connectivity index (χ4v) is 2.40. The Morgan fingerprint density at radius 1 is 1.33 bits per heavy atom. The molecule has 0 bridgehead atoms. The quantitative estimate of drug-likeness (QED) is 0.781. The van der Waals surface area contributed by atoms with Crippen LogP contribution in [0.4, 0.5) is 0 Å². The number of carbonyl (C=O) groups is 1. The summed E-state index contributed by atoms with van der Waals surface area (Å²) < 4.78 is 0. The van der Waals surface area contributed by atoms with Crippen LogP contribution in [0.5, 0.6) is 0 Å². The minimum atomic E-state index is 0.0248. The maximum Gasteiger partial charge on any atom is 0.241 e. The van der Waals surface area contributed by atoms with Crippen LogP contribution in [0.1, 0.15) is 40.5 Å². The van der Waals surface area contributed by atoms with Gasteiger partial charge in [0.15, 0.2) is 0 Å². The van der Waals surface area contributed by atoms with Gasteiger partial charge in [-0.3, -0.25) is 10.1 Å². The standard InChI is InChI=1S/C14H29N3O/c1-7-8-12-14(18)17(9-11(4)16(5)6)13(15-12)10(2)3/h10-13,15H,7-9H2,1-6H3. The molecule has 3 unspecified atom stereocenters. The van der Waals surface area contributed by atoms with Crippen molar-refractivity contribution in [2.24, 2.45) is 5.92 Å². The molecule has 0 aromatic carbocycles. The summed E-state index contributed by atoms with van der Waals surface area (Å²) in [6.07, 6.45) is 2.18. The Balaban J connectivity index is 2.74. The highest BCUT2D eigenvalue weighted by atomic mass is 16.2. The molecule has 1 heterocycles. The normalized spacial score (nSPS) is 26.4. The third-order valence-corrected chi connectivity index (χ3v) is 3.84. The fraction of sp³-hybridized carbons (Fsp3) is 0.929. The van der Waals surface area contributed by atoms with E-state index in [9.17, 15) is 4.79 Å². The van der Waals surface area contributed by atoms with Gasteiger partial charge < -0.3 is 9.80 Å². The van der Waals surface area contributed by atoms with Crippen molar-refractivity contribution >= 4 is 5.91 Å². The molecule has 106 valence electrons. The van der Waals surface area contributed by atoms with Gasteiger partial charge in [0.25, 0.3) is 0 Å². The maximum absolute atomic E-state index is 12.4. The van der Waals surface area contributed by atoms with Crippen molar-refractivity contribution in [3.63, 3.8) is 0 Å². The number of hydrogen-bond donors (Lipinski definition) is 1. The number of nitrogens with one attached hydrogen (secondary N) is 1. The highest BCUT2D eigenvalue weighted by Crippen LogP contribution is 2.20. The van der Waals surface area contributed by atoms with Crippen molar-refractivity contribution in [2.75, 3.05) is 20.6 Å². The van der Waals surface area contributed by atoms with Crippen molar-refractivity contribution in [2.45, 2.75) is 58.8 Å². The van der Waals surface area contributed by atoms with E-state index in [4.69, 9.17) is 0 Å². The van der Waals surface area contributed by atoms with Gasteiger partial charge in [0, 0.05) is 12.6 Å². The van der Waals surface area contributed by atoms with Crippen LogP contribution in [0.3, 0.4) is 0 Å². The first kappa shape index (κ1) is 15.4. The summed E-state index contributed by atoms with van der Waals surface area (Å²) in [5.74, 6) is 0.731. The summed E-state index contributed by atoms with van der Waals surface area (Å²) in [4.78, 5) is 16.6. The summed E-state index contributed by atoms with van der Waals surface area (Å²) in [6.45, 7) is 9.45. The Kier molecular flexibility index (Phi) is 5.60. The van der Waals surface area contributed by atoms with E-state index in [-0.39, 0.29) is 18.1 Å². The maximum atomic E-state index is 12.4. The molecule has 1 amide bonds. The Bertz CT molecular complexity index is 278. The summed E-state index contributed by atoms with van der Waals surface area (Å²) in [7, 11) is 4.12. The number of carbonyl (C=O) groups excluding carboxylic acids is 1. The molecule has 1 saturated heterocycles. The van der Waals surface area contributed by atoms with Gasteiger partial charge in [-0.15, -0.1) is 0 Å². The molecular formula is C14H29N3O. The first-order chi connectivity index (χ1) is 8.38. The van der Waals surface area contributed by atoms with Crippen molar-refractivity contribution < 1.29 is 4.79 Å². The van der Waals surface area contributed by atoms with Gasteiger partial charge in [0.05, 0.1) is 12.2 Å². The topological polar surface area (TPSA) is 35.6 Å². The first-order valence-corrected chi connectivity index (χ1v) is 7.11. The molecule has 0 aromatic heterocycles. The van der Waals surface area contributed by atoms with E-state index in [1.54, 1.807) is 0 Å². The monoisotopic (exact) mass is 255 g/mol. The van der Waals surface area contributed by atoms with Crippen LogP contribution < -0.4 is 5.32 Å². The zero-order chi connectivity index (χ0) is 13.9. The molecule has 1 rings (SSSR count). The molecule has 0 saturated carbocycles. The Labute approximate surface area is 112 Å². The van der Waals surface area contributed by atoms with E-state index in [1.165, 1.54) is 0 Å². The molecule has 3 atom stereocenters. The van der Waals surface area contributed by atoms with E-state index < -0.39 is 0 Å². The Morgan fingerprint density at radius 2 is 1.94 bits per heavy atom. The van der Waals surface area contributed by atoms with Crippen molar-refractivity contribution in [3.8, 4) is 0 Å². The molecule has 1 fully saturated rings. The molecule has 1 aliphatic heterocycles. The molecule has 4 nitrogen and oxygen atoms in total. The lowest BCUT2D eigenvalue weighted by molar-refractivity contribution is -0.131. The van der Waals surface area contributed by atoms with E-state index >= 15 is 0 Å². The first-order valence-electron chi connectivity index (χ1n) is 7.11. The van der Waals surface area contributed by atoms with Gasteiger partial charge in [-0.2, -0.15) is 0 Å². The van der Waals surface area contributed by atoms with Crippen LogP contribution in [0, 0.1) is 5.92 Å². The van der Waals surface area contributed by atoms with Gasteiger partial charge >= 0.3 is 0 Å². The van der Waals surface area contributed by atoms with Crippen molar-refractivity contribution in [1.82, 2.24) is 15.1 Å². The minimum Gasteiger partial charge on any atom is -0.324 e. The lowest BCUT2D eigenvalue weighted by Gasteiger charge is -2.31. The van der Waals surface area contributed by atoms with E-state index in [0.29, 0.717) is 12.0 Å². The molecule has 0 aromatic rings. The van der Waals surface area contributed by atoms with Gasteiger partial charge in [0.2, 0.25) is 5.91 Å². The highest BCUT2D eigenvalue weighted by molar-refractivity contribution is 5.84. The van der Waals surface area contributed by atoms with Gasteiger partial charge in [0.1, 0.15) is 0 Å². The van der Waals surface area contributed by atoms with Crippen molar-refractivity contribution in [3.05, 3.63) is 0 Å². The number of amides is 1. The molecule has 1 N–H and O–H groups in total. The van der Waals surface area contributed by atoms with Gasteiger partial charge in [-0.1, -0.05) is 27.2 Å². The van der Waals surface area contributed by atoms with Crippen molar-refractivity contribution in [1.29, 1.82) is 0 Å². The van der Waals surface area contributed by atoms with E-state index in [1.807, 2.05) is 4.90 Å². The molecule has 1 aliphatic rings. The average molecular weight is 255 g/mol. The van der Waals surface area contributed by atoms with Crippen LogP contribution in [-0.4, -0.2) is 54.6 Å². The van der Waals surface area contributed by atoms with Crippen LogP contribution >= 0.6 is 0 Å². The van der Waals surface area contributed by atoms with E-state index in [2.05, 4.69) is 52.0 Å². The number of rotatable bonds is 6. The zero-order valence-corrected chi connectivity index (χ0v) is 12.7. The SMILES string of the molecule is CCCC1NC(C(C)C)N(CC(C)N(C)C)C1=O. The third-order valence-electron chi connectivity index (χ3n) is 3.84. The summed E-state index contributed by atoms with van der Waals surface area (Å²) in [5, 5.41) is 3.49. The van der Waals surface area contributed by atoms with Gasteiger partial charge in [-0.05, 0) is 33.4 Å². The second-order valence-corrected chi connectivity index (χ2v) is 6.00. The molecular weight excluding hydrogens is 226 g/mol. The summed E-state index contributed by atoms with van der Waals surface area (Å²) >= 11 is 0. The van der Waals surface area contributed by atoms with Crippen LogP contribution in [0.2, 0.25) is 0 Å². The average Bonchev–Trinajstić information content (AvgIpc) is 2.58. The number of hydrogen-bond acceptors (Lipinski definition) is 3. The zero-order valence-electron chi connectivity index (χ0n) is 12.7. The molecule has 4 heteroatoms.